The molecule has 1 amide bonds. The van der Waals surface area contributed by atoms with Gasteiger partial charge in [0.15, 0.2) is 0 Å². The van der Waals surface area contributed by atoms with E-state index in [0.717, 1.165) is 22.1 Å². The third kappa shape index (κ3) is 3.76. The molecular formula is C13H13ClN2O2S. The first kappa shape index (κ1) is 14.0. The van der Waals surface area contributed by atoms with Crippen molar-refractivity contribution in [3.8, 4) is 0 Å². The molecular weight excluding hydrogens is 284 g/mol. The van der Waals surface area contributed by atoms with E-state index in [1.165, 1.54) is 6.26 Å². The van der Waals surface area contributed by atoms with Crippen LogP contribution in [0, 0.1) is 0 Å². The van der Waals surface area contributed by atoms with Gasteiger partial charge in [0.1, 0.15) is 12.0 Å². The maximum Gasteiger partial charge on any atom is 0.268 e. The molecule has 0 bridgehead atoms. The summed E-state index contributed by atoms with van der Waals surface area (Å²) in [5.41, 5.74) is 3.57. The molecule has 100 valence electrons. The summed E-state index contributed by atoms with van der Waals surface area (Å²) in [5, 5.41) is 0.762. The standard InChI is InChI=1S/C13H13ClN2O2S/c14-12-4-2-1-3-9(12)7-19-8-11-5-10(6-18-11)13(17)16-15/h1-6H,7-8,15H2,(H,16,17). The van der Waals surface area contributed by atoms with Crippen LogP contribution in [0.1, 0.15) is 21.7 Å². The topological polar surface area (TPSA) is 68.3 Å². The maximum absolute atomic E-state index is 11.2. The van der Waals surface area contributed by atoms with E-state index in [9.17, 15) is 4.79 Å². The molecule has 0 atom stereocenters. The van der Waals surface area contributed by atoms with Gasteiger partial charge in [0.25, 0.3) is 5.91 Å². The number of rotatable bonds is 5. The molecule has 2 aromatic rings. The second-order valence-electron chi connectivity index (χ2n) is 3.86. The molecule has 0 fully saturated rings. The average molecular weight is 297 g/mol. The number of thioether (sulfide) groups is 1. The average Bonchev–Trinajstić information content (AvgIpc) is 2.89. The van der Waals surface area contributed by atoms with Crippen LogP contribution in [-0.2, 0) is 11.5 Å². The number of halogens is 1. The largest absolute Gasteiger partial charge is 0.468 e. The molecule has 3 N–H and O–H groups in total. The predicted molar refractivity (Wildman–Crippen MR) is 76.8 cm³/mol. The Morgan fingerprint density at radius 3 is 2.89 bits per heavy atom. The first-order valence-electron chi connectivity index (χ1n) is 5.60. The fraction of sp³-hybridized carbons (Fsp3) is 0.154. The van der Waals surface area contributed by atoms with Gasteiger partial charge in [0, 0.05) is 10.8 Å². The summed E-state index contributed by atoms with van der Waals surface area (Å²) in [6.45, 7) is 0. The highest BCUT2D eigenvalue weighted by Crippen LogP contribution is 2.23. The highest BCUT2D eigenvalue weighted by Gasteiger charge is 2.08. The molecule has 1 aromatic carbocycles. The molecule has 0 unspecified atom stereocenters. The van der Waals surface area contributed by atoms with E-state index in [2.05, 4.69) is 5.43 Å². The van der Waals surface area contributed by atoms with Crippen molar-refractivity contribution in [1.82, 2.24) is 5.43 Å². The minimum atomic E-state index is -0.355. The lowest BCUT2D eigenvalue weighted by Crippen LogP contribution is -2.29. The second-order valence-corrected chi connectivity index (χ2v) is 5.25. The molecule has 0 aliphatic rings. The predicted octanol–water partition coefficient (Wildman–Crippen LogP) is 2.97. The number of carbonyl (C=O) groups excluding carboxylic acids is 1. The van der Waals surface area contributed by atoms with E-state index in [1.54, 1.807) is 17.8 Å². The number of furan rings is 1. The zero-order valence-electron chi connectivity index (χ0n) is 10.1. The van der Waals surface area contributed by atoms with E-state index in [-0.39, 0.29) is 5.91 Å². The van der Waals surface area contributed by atoms with Crippen LogP contribution in [0.4, 0.5) is 0 Å². The molecule has 0 saturated carbocycles. The van der Waals surface area contributed by atoms with Crippen molar-refractivity contribution in [2.75, 3.05) is 0 Å². The monoisotopic (exact) mass is 296 g/mol. The van der Waals surface area contributed by atoms with E-state index in [4.69, 9.17) is 21.9 Å². The van der Waals surface area contributed by atoms with Crippen molar-refractivity contribution in [2.24, 2.45) is 5.84 Å². The van der Waals surface area contributed by atoms with Crippen LogP contribution in [0.25, 0.3) is 0 Å². The SMILES string of the molecule is NNC(=O)c1coc(CSCc2ccccc2Cl)c1. The van der Waals surface area contributed by atoms with Crippen molar-refractivity contribution in [1.29, 1.82) is 0 Å². The minimum absolute atomic E-state index is 0.355. The molecule has 0 aliphatic carbocycles. The number of hydrogen-bond donors (Lipinski definition) is 2. The summed E-state index contributed by atoms with van der Waals surface area (Å²) in [4.78, 5) is 11.2. The number of nitrogen functional groups attached to an aromatic ring is 1. The Kier molecular flexibility index (Phi) is 4.90. The van der Waals surface area contributed by atoms with Gasteiger partial charge in [-0.15, -0.1) is 11.8 Å². The molecule has 0 radical (unpaired) electrons. The van der Waals surface area contributed by atoms with Crippen LogP contribution < -0.4 is 11.3 Å². The summed E-state index contributed by atoms with van der Waals surface area (Å²) in [5.74, 6) is 6.88. The molecule has 6 heteroatoms. The van der Waals surface area contributed by atoms with Crippen molar-refractivity contribution in [3.63, 3.8) is 0 Å². The lowest BCUT2D eigenvalue weighted by atomic mass is 10.2. The number of carbonyl (C=O) groups is 1. The van der Waals surface area contributed by atoms with Gasteiger partial charge in [-0.2, -0.15) is 0 Å². The van der Waals surface area contributed by atoms with Crippen LogP contribution >= 0.6 is 23.4 Å². The fourth-order valence-corrected chi connectivity index (χ4v) is 2.74. The Bertz CT molecular complexity index is 571. The molecule has 1 heterocycles. The van der Waals surface area contributed by atoms with Crippen molar-refractivity contribution >= 4 is 29.3 Å². The normalized spacial score (nSPS) is 10.4. The summed E-state index contributed by atoms with van der Waals surface area (Å²) in [7, 11) is 0. The Balaban J connectivity index is 1.88. The van der Waals surface area contributed by atoms with Crippen LogP contribution in [-0.4, -0.2) is 5.91 Å². The Morgan fingerprint density at radius 1 is 1.37 bits per heavy atom. The number of benzene rings is 1. The van der Waals surface area contributed by atoms with Crippen LogP contribution in [0.3, 0.4) is 0 Å². The van der Waals surface area contributed by atoms with Crippen LogP contribution in [0.15, 0.2) is 41.0 Å². The Morgan fingerprint density at radius 2 is 2.16 bits per heavy atom. The maximum atomic E-state index is 11.2. The number of hydrazine groups is 1. The van der Waals surface area contributed by atoms with Gasteiger partial charge < -0.3 is 4.42 Å². The van der Waals surface area contributed by atoms with Gasteiger partial charge >= 0.3 is 0 Å². The molecule has 19 heavy (non-hydrogen) atoms. The van der Waals surface area contributed by atoms with Crippen LogP contribution in [0.5, 0.6) is 0 Å². The van der Waals surface area contributed by atoms with Gasteiger partial charge in [0.05, 0.1) is 11.3 Å². The van der Waals surface area contributed by atoms with Crippen molar-refractivity contribution in [2.45, 2.75) is 11.5 Å². The summed E-state index contributed by atoms with van der Waals surface area (Å²) < 4.78 is 5.29. The molecule has 0 spiro atoms. The number of amides is 1. The number of nitrogens with two attached hydrogens (primary N) is 1. The summed E-state index contributed by atoms with van der Waals surface area (Å²) in [6.07, 6.45) is 1.40. The van der Waals surface area contributed by atoms with Gasteiger partial charge in [-0.3, -0.25) is 10.2 Å². The third-order valence-corrected chi connectivity index (χ3v) is 3.88. The first-order chi connectivity index (χ1) is 9.20. The van der Waals surface area contributed by atoms with Gasteiger partial charge in [-0.05, 0) is 17.7 Å². The zero-order valence-corrected chi connectivity index (χ0v) is 11.6. The smallest absolute Gasteiger partial charge is 0.268 e. The number of nitrogens with one attached hydrogen (secondary N) is 1. The van der Waals surface area contributed by atoms with Crippen LogP contribution in [0.2, 0.25) is 5.02 Å². The number of hydrogen-bond acceptors (Lipinski definition) is 4. The summed E-state index contributed by atoms with van der Waals surface area (Å²) >= 11 is 7.73. The third-order valence-electron chi connectivity index (χ3n) is 2.51. The van der Waals surface area contributed by atoms with E-state index in [1.807, 2.05) is 24.3 Å². The molecule has 0 saturated heterocycles. The molecule has 2 rings (SSSR count). The Hall–Kier alpha value is -1.43. The summed E-state index contributed by atoms with van der Waals surface area (Å²) in [6, 6.07) is 9.40. The minimum Gasteiger partial charge on any atom is -0.468 e. The Labute approximate surface area is 120 Å². The van der Waals surface area contributed by atoms with Gasteiger partial charge in [-0.25, -0.2) is 5.84 Å². The van der Waals surface area contributed by atoms with Crippen molar-refractivity contribution in [3.05, 3.63) is 58.5 Å². The lowest BCUT2D eigenvalue weighted by Gasteiger charge is -2.02. The quantitative estimate of drug-likeness (QED) is 0.506. The van der Waals surface area contributed by atoms with Gasteiger partial charge in [0.2, 0.25) is 0 Å². The van der Waals surface area contributed by atoms with E-state index in [0.29, 0.717) is 11.3 Å². The highest BCUT2D eigenvalue weighted by molar-refractivity contribution is 7.97. The second kappa shape index (κ2) is 6.65. The first-order valence-corrected chi connectivity index (χ1v) is 7.13. The van der Waals surface area contributed by atoms with Crippen molar-refractivity contribution < 1.29 is 9.21 Å². The molecule has 4 nitrogen and oxygen atoms in total. The van der Waals surface area contributed by atoms with Gasteiger partial charge in [-0.1, -0.05) is 29.8 Å². The molecule has 0 aliphatic heterocycles. The fourth-order valence-electron chi connectivity index (χ4n) is 1.54. The lowest BCUT2D eigenvalue weighted by molar-refractivity contribution is 0.0953. The molecule has 1 aromatic heterocycles. The van der Waals surface area contributed by atoms with E-state index < -0.39 is 0 Å². The zero-order chi connectivity index (χ0) is 13.7. The highest BCUT2D eigenvalue weighted by atomic mass is 35.5. The van der Waals surface area contributed by atoms with E-state index >= 15 is 0 Å².